The van der Waals surface area contributed by atoms with Crippen molar-refractivity contribution in [1.29, 1.82) is 0 Å². The van der Waals surface area contributed by atoms with Crippen LogP contribution in [0.25, 0.3) is 11.3 Å². The van der Waals surface area contributed by atoms with Crippen molar-refractivity contribution in [1.82, 2.24) is 4.98 Å². The van der Waals surface area contributed by atoms with Crippen LogP contribution in [0.3, 0.4) is 0 Å². The molecule has 0 aliphatic heterocycles. The molecule has 0 bridgehead atoms. The van der Waals surface area contributed by atoms with Gasteiger partial charge in [0.1, 0.15) is 12.4 Å². The van der Waals surface area contributed by atoms with E-state index in [1.54, 1.807) is 12.1 Å². The van der Waals surface area contributed by atoms with Crippen molar-refractivity contribution in [3.8, 4) is 17.0 Å². The fourth-order valence-electron chi connectivity index (χ4n) is 1.61. The number of hydrogen-bond donors (Lipinski definition) is 1. The second kappa shape index (κ2) is 6.20. The molecule has 0 aliphatic rings. The topological polar surface area (TPSA) is 65.2 Å². The van der Waals surface area contributed by atoms with E-state index in [2.05, 4.69) is 4.98 Å². The lowest BCUT2D eigenvalue weighted by Crippen LogP contribution is -2.10. The lowest BCUT2D eigenvalue weighted by molar-refractivity contribution is 0.1000. The van der Waals surface area contributed by atoms with Crippen molar-refractivity contribution < 1.29 is 9.53 Å². The van der Waals surface area contributed by atoms with Crippen LogP contribution in [0.4, 0.5) is 0 Å². The molecule has 98 valence electrons. The molecule has 1 heterocycles. The van der Waals surface area contributed by atoms with Crippen molar-refractivity contribution in [2.24, 2.45) is 5.73 Å². The Balaban J connectivity index is 2.23. The third-order valence-electron chi connectivity index (χ3n) is 2.52. The smallest absolute Gasteiger partial charge is 0.250 e. The van der Waals surface area contributed by atoms with E-state index in [-0.39, 0.29) is 0 Å². The molecule has 19 heavy (non-hydrogen) atoms. The van der Waals surface area contributed by atoms with Gasteiger partial charge in [0.25, 0.3) is 0 Å². The molecule has 0 unspecified atom stereocenters. The Morgan fingerprint density at radius 2 is 2.16 bits per heavy atom. The fraction of sp³-hybridized carbons (Fsp3) is 0.143. The van der Waals surface area contributed by atoms with Crippen molar-refractivity contribution in [3.05, 3.63) is 48.2 Å². The van der Waals surface area contributed by atoms with Crippen molar-refractivity contribution in [2.75, 3.05) is 12.5 Å². The van der Waals surface area contributed by atoms with Crippen molar-refractivity contribution in [2.45, 2.75) is 0 Å². The highest BCUT2D eigenvalue weighted by Crippen LogP contribution is 2.22. The van der Waals surface area contributed by atoms with E-state index in [0.29, 0.717) is 18.1 Å². The number of primary amides is 1. The van der Waals surface area contributed by atoms with E-state index in [1.807, 2.05) is 24.3 Å². The monoisotopic (exact) mass is 276 g/mol. The summed E-state index contributed by atoms with van der Waals surface area (Å²) >= 11 is 5.57. The summed E-state index contributed by atoms with van der Waals surface area (Å²) in [5, 5.41) is 0. The van der Waals surface area contributed by atoms with Crippen molar-refractivity contribution in [3.63, 3.8) is 0 Å². The SMILES string of the molecule is NC(=O)c1ccc(-c2cccc(OCCCl)c2)nc1. The number of pyridine rings is 1. The van der Waals surface area contributed by atoms with Gasteiger partial charge in [0.15, 0.2) is 0 Å². The van der Waals surface area contributed by atoms with Gasteiger partial charge in [-0.25, -0.2) is 0 Å². The average Bonchev–Trinajstić information content (AvgIpc) is 2.45. The van der Waals surface area contributed by atoms with Gasteiger partial charge in [0, 0.05) is 11.8 Å². The quantitative estimate of drug-likeness (QED) is 0.853. The molecule has 0 radical (unpaired) electrons. The Bertz CT molecular complexity index is 570. The molecular formula is C14H13ClN2O2. The average molecular weight is 277 g/mol. The lowest BCUT2D eigenvalue weighted by Gasteiger charge is -2.06. The highest BCUT2D eigenvalue weighted by molar-refractivity contribution is 6.18. The maximum atomic E-state index is 11.0. The predicted octanol–water partition coefficient (Wildman–Crippen LogP) is 2.47. The molecule has 0 atom stereocenters. The molecule has 1 aromatic carbocycles. The van der Waals surface area contributed by atoms with Crippen LogP contribution in [-0.2, 0) is 0 Å². The summed E-state index contributed by atoms with van der Waals surface area (Å²) in [4.78, 5) is 15.2. The summed E-state index contributed by atoms with van der Waals surface area (Å²) in [5.41, 5.74) is 7.21. The number of hydrogen-bond acceptors (Lipinski definition) is 3. The van der Waals surface area contributed by atoms with Crippen LogP contribution in [0, 0.1) is 0 Å². The summed E-state index contributed by atoms with van der Waals surface area (Å²) in [6.45, 7) is 0.457. The number of amides is 1. The van der Waals surface area contributed by atoms with Crippen LogP contribution >= 0.6 is 11.6 Å². The van der Waals surface area contributed by atoms with Crippen LogP contribution < -0.4 is 10.5 Å². The molecule has 0 saturated heterocycles. The normalized spacial score (nSPS) is 10.2. The van der Waals surface area contributed by atoms with Crippen molar-refractivity contribution >= 4 is 17.5 Å². The van der Waals surface area contributed by atoms with E-state index < -0.39 is 5.91 Å². The zero-order valence-electron chi connectivity index (χ0n) is 10.2. The highest BCUT2D eigenvalue weighted by Gasteiger charge is 2.04. The van der Waals surface area contributed by atoms with E-state index in [4.69, 9.17) is 22.1 Å². The Morgan fingerprint density at radius 1 is 1.32 bits per heavy atom. The molecule has 2 rings (SSSR count). The Hall–Kier alpha value is -2.07. The van der Waals surface area contributed by atoms with Crippen LogP contribution in [0.1, 0.15) is 10.4 Å². The summed E-state index contributed by atoms with van der Waals surface area (Å²) in [6, 6.07) is 10.9. The molecular weight excluding hydrogens is 264 g/mol. The molecule has 2 aromatic rings. The van der Waals surface area contributed by atoms with Gasteiger partial charge in [0.05, 0.1) is 17.1 Å². The van der Waals surface area contributed by atoms with E-state index in [0.717, 1.165) is 17.0 Å². The first-order chi connectivity index (χ1) is 9.20. The number of nitrogens with zero attached hydrogens (tertiary/aromatic N) is 1. The van der Waals surface area contributed by atoms with Gasteiger partial charge in [-0.3, -0.25) is 9.78 Å². The molecule has 0 fully saturated rings. The predicted molar refractivity (Wildman–Crippen MR) is 74.4 cm³/mol. The van der Waals surface area contributed by atoms with Gasteiger partial charge in [-0.05, 0) is 24.3 Å². The van der Waals surface area contributed by atoms with Gasteiger partial charge in [0.2, 0.25) is 5.91 Å². The summed E-state index contributed by atoms with van der Waals surface area (Å²) < 4.78 is 5.45. The second-order valence-electron chi connectivity index (χ2n) is 3.86. The molecule has 1 aromatic heterocycles. The molecule has 4 nitrogen and oxygen atoms in total. The maximum absolute atomic E-state index is 11.0. The van der Waals surface area contributed by atoms with Gasteiger partial charge < -0.3 is 10.5 Å². The van der Waals surface area contributed by atoms with E-state index in [9.17, 15) is 4.79 Å². The van der Waals surface area contributed by atoms with E-state index >= 15 is 0 Å². The Kier molecular flexibility index (Phi) is 4.36. The van der Waals surface area contributed by atoms with E-state index in [1.165, 1.54) is 6.20 Å². The minimum Gasteiger partial charge on any atom is -0.492 e. The number of alkyl halides is 1. The third-order valence-corrected chi connectivity index (χ3v) is 2.68. The number of rotatable bonds is 5. The molecule has 0 aliphatic carbocycles. The van der Waals surface area contributed by atoms with Gasteiger partial charge in [-0.15, -0.1) is 11.6 Å². The minimum atomic E-state index is -0.488. The second-order valence-corrected chi connectivity index (χ2v) is 4.24. The first-order valence-electron chi connectivity index (χ1n) is 5.76. The number of carbonyl (C=O) groups is 1. The standard InChI is InChI=1S/C14H13ClN2O2/c15-6-7-19-12-3-1-2-10(8-12)13-5-4-11(9-17-13)14(16)18/h1-5,8-9H,6-7H2,(H2,16,18). The third kappa shape index (κ3) is 3.45. The summed E-state index contributed by atoms with van der Waals surface area (Å²) in [5.74, 6) is 0.688. The van der Waals surface area contributed by atoms with Crippen LogP contribution in [0.2, 0.25) is 0 Å². The lowest BCUT2D eigenvalue weighted by atomic mass is 10.1. The minimum absolute atomic E-state index is 0.387. The molecule has 0 saturated carbocycles. The highest BCUT2D eigenvalue weighted by atomic mass is 35.5. The molecule has 5 heteroatoms. The molecule has 2 N–H and O–H groups in total. The summed E-state index contributed by atoms with van der Waals surface area (Å²) in [6.07, 6.45) is 1.46. The summed E-state index contributed by atoms with van der Waals surface area (Å²) in [7, 11) is 0. The van der Waals surface area contributed by atoms with Gasteiger partial charge in [-0.1, -0.05) is 12.1 Å². The number of benzene rings is 1. The molecule has 0 spiro atoms. The van der Waals surface area contributed by atoms with Gasteiger partial charge >= 0.3 is 0 Å². The Labute approximate surface area is 116 Å². The zero-order valence-corrected chi connectivity index (χ0v) is 10.9. The largest absolute Gasteiger partial charge is 0.492 e. The molecule has 1 amide bonds. The number of aromatic nitrogens is 1. The fourth-order valence-corrected chi connectivity index (χ4v) is 1.69. The number of ether oxygens (including phenoxy) is 1. The first-order valence-corrected chi connectivity index (χ1v) is 6.29. The zero-order chi connectivity index (χ0) is 13.7. The van der Waals surface area contributed by atoms with Crippen LogP contribution in [0.15, 0.2) is 42.6 Å². The Morgan fingerprint density at radius 3 is 2.79 bits per heavy atom. The maximum Gasteiger partial charge on any atom is 0.250 e. The number of nitrogens with two attached hydrogens (primary N) is 1. The van der Waals surface area contributed by atoms with Crippen LogP contribution in [-0.4, -0.2) is 23.4 Å². The van der Waals surface area contributed by atoms with Crippen LogP contribution in [0.5, 0.6) is 5.75 Å². The number of carbonyl (C=O) groups excluding carboxylic acids is 1. The number of halogens is 1. The first kappa shape index (κ1) is 13.4. The van der Waals surface area contributed by atoms with Gasteiger partial charge in [-0.2, -0.15) is 0 Å².